The minimum Gasteiger partial charge on any atom is -0.369 e. The first-order valence-electron chi connectivity index (χ1n) is 5.88. The van der Waals surface area contributed by atoms with E-state index < -0.39 is 5.60 Å². The van der Waals surface area contributed by atoms with Crippen LogP contribution in [0.15, 0.2) is 30.3 Å². The monoisotopic (exact) mass is 235 g/mol. The highest BCUT2D eigenvalue weighted by Gasteiger charge is 2.33. The van der Waals surface area contributed by atoms with Crippen LogP contribution >= 0.6 is 0 Å². The minimum atomic E-state index is -0.719. The zero-order valence-corrected chi connectivity index (χ0v) is 11.1. The molecule has 1 atom stereocenters. The van der Waals surface area contributed by atoms with Crippen molar-refractivity contribution in [1.82, 2.24) is 4.90 Å². The molecule has 0 aliphatic heterocycles. The fraction of sp³-hybridized carbons (Fsp3) is 0.500. The van der Waals surface area contributed by atoms with Gasteiger partial charge in [0.2, 0.25) is 0 Å². The fourth-order valence-corrected chi connectivity index (χ4v) is 1.72. The van der Waals surface area contributed by atoms with Crippen LogP contribution in [0.1, 0.15) is 25.8 Å². The molecule has 0 spiro atoms. The van der Waals surface area contributed by atoms with Crippen LogP contribution in [-0.4, -0.2) is 30.6 Å². The first-order valence-corrected chi connectivity index (χ1v) is 5.88. The molecule has 0 bridgehead atoms. The van der Waals surface area contributed by atoms with E-state index in [2.05, 4.69) is 0 Å². The summed E-state index contributed by atoms with van der Waals surface area (Å²) >= 11 is 0. The Balaban J connectivity index is 2.71. The summed E-state index contributed by atoms with van der Waals surface area (Å²) < 4.78 is 5.32. The van der Waals surface area contributed by atoms with Gasteiger partial charge in [0.25, 0.3) is 5.91 Å². The highest BCUT2D eigenvalue weighted by molar-refractivity contribution is 5.84. The summed E-state index contributed by atoms with van der Waals surface area (Å²) in [6.07, 6.45) is 0.668. The van der Waals surface area contributed by atoms with E-state index in [-0.39, 0.29) is 5.91 Å². The number of amides is 1. The molecule has 1 unspecified atom stereocenters. The Bertz CT molecular complexity index is 358. The van der Waals surface area contributed by atoms with Gasteiger partial charge in [-0.2, -0.15) is 0 Å². The van der Waals surface area contributed by atoms with Gasteiger partial charge in [-0.3, -0.25) is 4.79 Å². The van der Waals surface area contributed by atoms with Crippen molar-refractivity contribution in [2.45, 2.75) is 32.4 Å². The lowest BCUT2D eigenvalue weighted by molar-refractivity contribution is -0.152. The number of rotatable bonds is 5. The van der Waals surface area contributed by atoms with E-state index in [1.807, 2.05) is 51.2 Å². The molecule has 0 fully saturated rings. The van der Waals surface area contributed by atoms with Gasteiger partial charge in [-0.25, -0.2) is 0 Å². The van der Waals surface area contributed by atoms with E-state index in [1.54, 1.807) is 12.0 Å². The fourth-order valence-electron chi connectivity index (χ4n) is 1.72. The number of methoxy groups -OCH3 is 1. The Morgan fingerprint density at radius 2 is 1.94 bits per heavy atom. The van der Waals surface area contributed by atoms with Gasteiger partial charge in [0.1, 0.15) is 5.60 Å². The van der Waals surface area contributed by atoms with Crippen LogP contribution in [-0.2, 0) is 16.1 Å². The average molecular weight is 235 g/mol. The third kappa shape index (κ3) is 3.30. The third-order valence-corrected chi connectivity index (χ3v) is 3.19. The van der Waals surface area contributed by atoms with Gasteiger partial charge in [0.15, 0.2) is 0 Å². The van der Waals surface area contributed by atoms with Crippen LogP contribution in [0.5, 0.6) is 0 Å². The molecule has 1 aromatic rings. The second kappa shape index (κ2) is 5.82. The van der Waals surface area contributed by atoms with Crippen molar-refractivity contribution in [3.8, 4) is 0 Å². The largest absolute Gasteiger partial charge is 0.369 e. The van der Waals surface area contributed by atoms with E-state index in [0.29, 0.717) is 13.0 Å². The van der Waals surface area contributed by atoms with Crippen molar-refractivity contribution in [3.63, 3.8) is 0 Å². The maximum Gasteiger partial charge on any atom is 0.254 e. The Morgan fingerprint density at radius 3 is 2.41 bits per heavy atom. The first kappa shape index (κ1) is 13.7. The van der Waals surface area contributed by atoms with E-state index in [0.717, 1.165) is 5.56 Å². The second-order valence-electron chi connectivity index (χ2n) is 4.44. The summed E-state index contributed by atoms with van der Waals surface area (Å²) in [5.41, 5.74) is 0.404. The van der Waals surface area contributed by atoms with Crippen molar-refractivity contribution in [2.24, 2.45) is 0 Å². The summed E-state index contributed by atoms with van der Waals surface area (Å²) in [7, 11) is 3.39. The Labute approximate surface area is 103 Å². The average Bonchev–Trinajstić information content (AvgIpc) is 2.38. The van der Waals surface area contributed by atoms with Gasteiger partial charge in [-0.05, 0) is 18.9 Å². The van der Waals surface area contributed by atoms with Crippen LogP contribution < -0.4 is 0 Å². The van der Waals surface area contributed by atoms with Crippen LogP contribution in [0.25, 0.3) is 0 Å². The number of nitrogens with zero attached hydrogens (tertiary/aromatic N) is 1. The van der Waals surface area contributed by atoms with Crippen LogP contribution in [0.4, 0.5) is 0 Å². The first-order chi connectivity index (χ1) is 8.03. The predicted octanol–water partition coefficient (Wildman–Crippen LogP) is 2.46. The molecule has 0 aliphatic rings. The molecular formula is C14H21NO2. The summed E-state index contributed by atoms with van der Waals surface area (Å²) in [6.45, 7) is 4.40. The Hall–Kier alpha value is -1.35. The third-order valence-electron chi connectivity index (χ3n) is 3.19. The molecule has 0 radical (unpaired) electrons. The molecule has 94 valence electrons. The summed E-state index contributed by atoms with van der Waals surface area (Å²) in [5.74, 6) is 0.0198. The van der Waals surface area contributed by atoms with Gasteiger partial charge in [0, 0.05) is 20.7 Å². The predicted molar refractivity (Wildman–Crippen MR) is 68.6 cm³/mol. The van der Waals surface area contributed by atoms with Crippen LogP contribution in [0.2, 0.25) is 0 Å². The highest BCUT2D eigenvalue weighted by atomic mass is 16.5. The normalized spacial score (nSPS) is 14.1. The lowest BCUT2D eigenvalue weighted by atomic mass is 10.0. The van der Waals surface area contributed by atoms with Gasteiger partial charge in [-0.15, -0.1) is 0 Å². The zero-order valence-electron chi connectivity index (χ0n) is 11.1. The number of carbonyl (C=O) groups is 1. The van der Waals surface area contributed by atoms with Crippen molar-refractivity contribution < 1.29 is 9.53 Å². The number of benzene rings is 1. The summed E-state index contributed by atoms with van der Waals surface area (Å²) in [4.78, 5) is 13.9. The number of hydrogen-bond donors (Lipinski definition) is 0. The topological polar surface area (TPSA) is 29.5 Å². The number of hydrogen-bond acceptors (Lipinski definition) is 2. The highest BCUT2D eigenvalue weighted by Crippen LogP contribution is 2.18. The van der Waals surface area contributed by atoms with E-state index in [9.17, 15) is 4.79 Å². The standard InChI is InChI=1S/C14H21NO2/c1-5-14(2,17-4)13(16)15(3)11-12-9-7-6-8-10-12/h6-10H,5,11H2,1-4H3. The molecule has 0 aliphatic carbocycles. The van der Waals surface area contributed by atoms with E-state index >= 15 is 0 Å². The number of carbonyl (C=O) groups excluding carboxylic acids is 1. The maximum atomic E-state index is 12.2. The molecule has 1 aromatic carbocycles. The van der Waals surface area contributed by atoms with Gasteiger partial charge >= 0.3 is 0 Å². The number of likely N-dealkylation sites (N-methyl/N-ethyl adjacent to an activating group) is 1. The van der Waals surface area contributed by atoms with E-state index in [4.69, 9.17) is 4.74 Å². The molecule has 3 heteroatoms. The summed E-state index contributed by atoms with van der Waals surface area (Å²) in [5, 5.41) is 0. The Morgan fingerprint density at radius 1 is 1.35 bits per heavy atom. The van der Waals surface area contributed by atoms with Crippen molar-refractivity contribution >= 4 is 5.91 Å². The van der Waals surface area contributed by atoms with E-state index in [1.165, 1.54) is 0 Å². The van der Waals surface area contributed by atoms with Gasteiger partial charge in [-0.1, -0.05) is 37.3 Å². The molecule has 0 saturated carbocycles. The zero-order chi connectivity index (χ0) is 12.9. The van der Waals surface area contributed by atoms with Crippen molar-refractivity contribution in [3.05, 3.63) is 35.9 Å². The van der Waals surface area contributed by atoms with Gasteiger partial charge < -0.3 is 9.64 Å². The minimum absolute atomic E-state index is 0.0198. The molecular weight excluding hydrogens is 214 g/mol. The van der Waals surface area contributed by atoms with Crippen molar-refractivity contribution in [1.29, 1.82) is 0 Å². The molecule has 0 N–H and O–H groups in total. The molecule has 0 heterocycles. The quantitative estimate of drug-likeness (QED) is 0.784. The lowest BCUT2D eigenvalue weighted by Crippen LogP contribution is -2.46. The van der Waals surface area contributed by atoms with Crippen LogP contribution in [0.3, 0.4) is 0 Å². The van der Waals surface area contributed by atoms with Crippen LogP contribution in [0, 0.1) is 0 Å². The molecule has 1 rings (SSSR count). The van der Waals surface area contributed by atoms with Gasteiger partial charge in [0.05, 0.1) is 0 Å². The molecule has 3 nitrogen and oxygen atoms in total. The Kier molecular flexibility index (Phi) is 4.70. The smallest absolute Gasteiger partial charge is 0.254 e. The maximum absolute atomic E-state index is 12.2. The second-order valence-corrected chi connectivity index (χ2v) is 4.44. The summed E-state index contributed by atoms with van der Waals surface area (Å²) in [6, 6.07) is 9.95. The molecule has 0 aromatic heterocycles. The molecule has 17 heavy (non-hydrogen) atoms. The molecule has 0 saturated heterocycles. The van der Waals surface area contributed by atoms with Crippen molar-refractivity contribution in [2.75, 3.05) is 14.2 Å². The lowest BCUT2D eigenvalue weighted by Gasteiger charge is -2.30. The number of ether oxygens (including phenoxy) is 1. The SMILES string of the molecule is CCC(C)(OC)C(=O)N(C)Cc1ccccc1. The molecule has 1 amide bonds.